The molecule has 0 spiro atoms. The maximum absolute atomic E-state index is 16.0. The molecule has 1 aliphatic heterocycles. The molecule has 1 aromatic heterocycles. The number of likely N-dealkylation sites (tertiary alicyclic amines) is 1. The van der Waals surface area contributed by atoms with E-state index in [0.717, 1.165) is 27.5 Å². The molecule has 0 aliphatic carbocycles. The van der Waals surface area contributed by atoms with Crippen molar-refractivity contribution >= 4 is 11.9 Å². The molecule has 2 atom stereocenters. The smallest absolute Gasteiger partial charge is 0.416 e. The van der Waals surface area contributed by atoms with Crippen molar-refractivity contribution in [2.75, 3.05) is 33.4 Å². The zero-order valence-corrected chi connectivity index (χ0v) is 29.7. The number of carboxylic acid groups (broad SMARTS) is 1. The fourth-order valence-electron chi connectivity index (χ4n) is 7.02. The normalized spacial score (nSPS) is 15.8. The van der Waals surface area contributed by atoms with Crippen LogP contribution in [0.1, 0.15) is 73.0 Å². The molecule has 2 heterocycles. The van der Waals surface area contributed by atoms with E-state index in [2.05, 4.69) is 5.32 Å². The lowest BCUT2D eigenvalue weighted by Crippen LogP contribution is -2.50. The molecule has 4 rings (SSSR count). The number of pyridine rings is 1. The second-order valence-corrected chi connectivity index (χ2v) is 14.2. The Morgan fingerprint density at radius 3 is 2.24 bits per heavy atom. The number of rotatable bonds is 14. The molecule has 2 aromatic carbocycles. The lowest BCUT2D eigenvalue weighted by molar-refractivity contribution is -0.140. The van der Waals surface area contributed by atoms with E-state index >= 15 is 4.39 Å². The van der Waals surface area contributed by atoms with Crippen LogP contribution in [0, 0.1) is 38.4 Å². The molecule has 3 aromatic rings. The maximum atomic E-state index is 16.0. The van der Waals surface area contributed by atoms with Gasteiger partial charge in [-0.2, -0.15) is 13.2 Å². The molecule has 1 amide bonds. The molecule has 0 saturated carbocycles. The number of hydrogen-bond acceptors (Lipinski definition) is 5. The lowest BCUT2D eigenvalue weighted by atomic mass is 9.83. The van der Waals surface area contributed by atoms with Crippen molar-refractivity contribution in [3.8, 4) is 11.1 Å². The highest BCUT2D eigenvalue weighted by Crippen LogP contribution is 2.37. The van der Waals surface area contributed by atoms with Gasteiger partial charge < -0.3 is 24.6 Å². The fourth-order valence-corrected chi connectivity index (χ4v) is 7.02. The van der Waals surface area contributed by atoms with E-state index < -0.39 is 53.0 Å². The number of methoxy groups -OCH3 is 1. The van der Waals surface area contributed by atoms with Crippen LogP contribution in [0.25, 0.3) is 11.1 Å². The van der Waals surface area contributed by atoms with Gasteiger partial charge in [-0.3, -0.25) is 14.4 Å². The Kier molecular flexibility index (Phi) is 12.0. The van der Waals surface area contributed by atoms with Crippen molar-refractivity contribution in [3.63, 3.8) is 0 Å². The first kappa shape index (κ1) is 38.8. The van der Waals surface area contributed by atoms with Gasteiger partial charge in [0, 0.05) is 50.5 Å². The summed E-state index contributed by atoms with van der Waals surface area (Å²) in [6.07, 6.45) is -4.36. The Morgan fingerprint density at radius 1 is 1.04 bits per heavy atom. The van der Waals surface area contributed by atoms with Crippen LogP contribution in [-0.2, 0) is 32.5 Å². The van der Waals surface area contributed by atoms with Gasteiger partial charge in [-0.15, -0.1) is 0 Å². The number of amides is 1. The molecule has 50 heavy (non-hydrogen) atoms. The van der Waals surface area contributed by atoms with Gasteiger partial charge in [-0.05, 0) is 92.0 Å². The Hall–Kier alpha value is -4.03. The molecule has 272 valence electrons. The predicted molar refractivity (Wildman–Crippen MR) is 184 cm³/mol. The van der Waals surface area contributed by atoms with Gasteiger partial charge in [-0.1, -0.05) is 32.0 Å². The van der Waals surface area contributed by atoms with Gasteiger partial charge in [0.25, 0.3) is 5.56 Å². The van der Waals surface area contributed by atoms with Gasteiger partial charge in [0.05, 0.1) is 24.1 Å². The summed E-state index contributed by atoms with van der Waals surface area (Å²) in [7, 11) is 1.59. The number of nitrogens with zero attached hydrogens (tertiary/aromatic N) is 2. The van der Waals surface area contributed by atoms with Crippen LogP contribution in [0.15, 0.2) is 47.4 Å². The molecule has 1 aliphatic rings. The number of aliphatic carboxylic acids is 1. The van der Waals surface area contributed by atoms with Crippen molar-refractivity contribution in [3.05, 3.63) is 92.1 Å². The van der Waals surface area contributed by atoms with Crippen molar-refractivity contribution in [2.24, 2.45) is 11.8 Å². The van der Waals surface area contributed by atoms with Crippen LogP contribution < -0.4 is 10.9 Å². The van der Waals surface area contributed by atoms with Crippen LogP contribution in [0.4, 0.5) is 17.6 Å². The minimum Gasteiger partial charge on any atom is -0.481 e. The van der Waals surface area contributed by atoms with Crippen molar-refractivity contribution in [1.29, 1.82) is 0 Å². The second-order valence-electron chi connectivity index (χ2n) is 14.2. The fraction of sp³-hybridized carbons (Fsp3) is 0.500. The van der Waals surface area contributed by atoms with E-state index in [0.29, 0.717) is 43.8 Å². The minimum atomic E-state index is -4.80. The molecule has 12 heteroatoms. The summed E-state index contributed by atoms with van der Waals surface area (Å²) in [5.41, 5.74) is -0.515. The average Bonchev–Trinajstić information content (AvgIpc) is 2.97. The third kappa shape index (κ3) is 8.81. The quantitative estimate of drug-likeness (QED) is 0.179. The van der Waals surface area contributed by atoms with Gasteiger partial charge in [-0.25, -0.2) is 4.39 Å². The number of ether oxygens (including phenoxy) is 1. The predicted octanol–water partition coefficient (Wildman–Crippen LogP) is 6.81. The molecule has 1 fully saturated rings. The standard InChI is InChI=1S/C38H47F4N3O5/c1-22(2)13-31(45-20-27(29(16-32(45)46)38(40,41)42)11-12-44-18-26(19-44)21-50-7)36(49)43-37(6,17-33(47)48)30-15-28(14-25(5)35(30)39)34-23(3)9-8-10-24(34)4/h8-10,14-16,20,22,26,31H,11-13,17-19,21H2,1-7H3,(H,43,49)(H,47,48)/t31?,37-/m1/s1. The number of carboxylic acids is 1. The Balaban J connectivity index is 1.77. The van der Waals surface area contributed by atoms with E-state index in [4.69, 9.17) is 4.74 Å². The van der Waals surface area contributed by atoms with E-state index in [1.807, 2.05) is 36.9 Å². The summed E-state index contributed by atoms with van der Waals surface area (Å²) >= 11 is 0. The third-order valence-electron chi connectivity index (χ3n) is 9.46. The van der Waals surface area contributed by atoms with Crippen LogP contribution >= 0.6 is 0 Å². The van der Waals surface area contributed by atoms with E-state index in [-0.39, 0.29) is 35.4 Å². The van der Waals surface area contributed by atoms with Gasteiger partial charge in [0.15, 0.2) is 0 Å². The first-order chi connectivity index (χ1) is 23.3. The molecule has 0 radical (unpaired) electrons. The molecule has 1 saturated heterocycles. The third-order valence-corrected chi connectivity index (χ3v) is 9.46. The second kappa shape index (κ2) is 15.5. The van der Waals surface area contributed by atoms with Crippen LogP contribution in [0.5, 0.6) is 0 Å². The van der Waals surface area contributed by atoms with E-state index in [1.165, 1.54) is 13.0 Å². The highest BCUT2D eigenvalue weighted by molar-refractivity contribution is 5.83. The first-order valence-electron chi connectivity index (χ1n) is 16.8. The number of benzene rings is 2. The lowest BCUT2D eigenvalue weighted by Gasteiger charge is -2.39. The molecule has 1 unspecified atom stereocenters. The number of nitrogens with one attached hydrogen (secondary N) is 1. The molecule has 2 N–H and O–H groups in total. The number of carbonyl (C=O) groups excluding carboxylic acids is 1. The van der Waals surface area contributed by atoms with E-state index in [1.54, 1.807) is 33.9 Å². The topological polar surface area (TPSA) is 101 Å². The number of halogens is 4. The molecule has 0 bridgehead atoms. The zero-order chi connectivity index (χ0) is 37.1. The van der Waals surface area contributed by atoms with Gasteiger partial charge >= 0.3 is 12.1 Å². The highest BCUT2D eigenvalue weighted by atomic mass is 19.4. The molecular formula is C38H47F4N3O5. The largest absolute Gasteiger partial charge is 0.481 e. The number of alkyl halides is 3. The SMILES string of the molecule is COCC1CN(CCc2cn(C(CC(C)C)C(=O)N[C@](C)(CC(=O)O)c3cc(-c4c(C)cccc4C)cc(C)c3F)c(=O)cc2C(F)(F)F)C1. The number of hydrogen-bond donors (Lipinski definition) is 2. The van der Waals surface area contributed by atoms with E-state index in [9.17, 15) is 32.7 Å². The summed E-state index contributed by atoms with van der Waals surface area (Å²) in [6, 6.07) is 8.13. The Bertz CT molecular complexity index is 1760. The summed E-state index contributed by atoms with van der Waals surface area (Å²) < 4.78 is 64.7. The van der Waals surface area contributed by atoms with Crippen molar-refractivity contribution in [1.82, 2.24) is 14.8 Å². The molecular weight excluding hydrogens is 654 g/mol. The monoisotopic (exact) mass is 701 g/mol. The maximum Gasteiger partial charge on any atom is 0.416 e. The van der Waals surface area contributed by atoms with Crippen LogP contribution in [0.3, 0.4) is 0 Å². The Labute approximate surface area is 290 Å². The number of carbonyl (C=O) groups is 2. The Morgan fingerprint density at radius 2 is 1.68 bits per heavy atom. The summed E-state index contributed by atoms with van der Waals surface area (Å²) in [5, 5.41) is 12.7. The highest BCUT2D eigenvalue weighted by Gasteiger charge is 2.39. The first-order valence-corrected chi connectivity index (χ1v) is 16.8. The van der Waals surface area contributed by atoms with Gasteiger partial charge in [0.2, 0.25) is 5.91 Å². The summed E-state index contributed by atoms with van der Waals surface area (Å²) in [6.45, 7) is 12.6. The number of aromatic nitrogens is 1. The van der Waals surface area contributed by atoms with Crippen LogP contribution in [-0.4, -0.2) is 59.8 Å². The number of aryl methyl sites for hydroxylation is 3. The van der Waals surface area contributed by atoms with Crippen LogP contribution in [0.2, 0.25) is 0 Å². The molecule has 8 nitrogen and oxygen atoms in total. The summed E-state index contributed by atoms with van der Waals surface area (Å²) in [5.74, 6) is -2.72. The zero-order valence-electron chi connectivity index (χ0n) is 29.7. The minimum absolute atomic E-state index is 0.0167. The van der Waals surface area contributed by atoms with Gasteiger partial charge in [0.1, 0.15) is 11.9 Å². The average molecular weight is 702 g/mol. The van der Waals surface area contributed by atoms with Crippen molar-refractivity contribution < 1.29 is 37.0 Å². The summed E-state index contributed by atoms with van der Waals surface area (Å²) in [4.78, 5) is 41.9. The van der Waals surface area contributed by atoms with Crippen molar-refractivity contribution in [2.45, 2.75) is 78.6 Å².